The van der Waals surface area contributed by atoms with Gasteiger partial charge < -0.3 is 9.84 Å². The number of aliphatic hydroxyl groups excluding tert-OH is 1. The molecule has 2 nitrogen and oxygen atoms in total. The first-order valence-electron chi connectivity index (χ1n) is 7.21. The van der Waals surface area contributed by atoms with E-state index >= 15 is 0 Å². The van der Waals surface area contributed by atoms with Crippen molar-refractivity contribution in [1.82, 2.24) is 0 Å². The molecule has 0 spiro atoms. The highest BCUT2D eigenvalue weighted by Gasteiger charge is 2.25. The zero-order valence-electron chi connectivity index (χ0n) is 12.0. The Morgan fingerprint density at radius 2 is 1.85 bits per heavy atom. The summed E-state index contributed by atoms with van der Waals surface area (Å²) >= 11 is 0. The molecule has 1 saturated carbocycles. The van der Waals surface area contributed by atoms with Crippen molar-refractivity contribution in [2.45, 2.75) is 45.3 Å². The minimum atomic E-state index is -1.13. The van der Waals surface area contributed by atoms with Gasteiger partial charge in [0.25, 0.3) is 0 Å². The summed E-state index contributed by atoms with van der Waals surface area (Å²) in [7, 11) is 0. The molecule has 1 N–H and O–H groups in total. The van der Waals surface area contributed by atoms with Gasteiger partial charge in [-0.2, -0.15) is 0 Å². The second-order valence-electron chi connectivity index (χ2n) is 6.03. The first-order valence-corrected chi connectivity index (χ1v) is 7.21. The van der Waals surface area contributed by atoms with E-state index in [4.69, 9.17) is 4.74 Å². The summed E-state index contributed by atoms with van der Waals surface area (Å²) in [4.78, 5) is 0. The molecule has 0 heterocycles. The molecule has 20 heavy (non-hydrogen) atoms. The van der Waals surface area contributed by atoms with Gasteiger partial charge in [0, 0.05) is 5.56 Å². The summed E-state index contributed by atoms with van der Waals surface area (Å²) < 4.78 is 32.4. The van der Waals surface area contributed by atoms with E-state index in [2.05, 4.69) is 13.8 Å². The molecule has 1 aliphatic carbocycles. The van der Waals surface area contributed by atoms with Gasteiger partial charge in [0.05, 0.1) is 12.7 Å². The van der Waals surface area contributed by atoms with Gasteiger partial charge in [0.15, 0.2) is 11.6 Å². The predicted octanol–water partition coefficient (Wildman–Crippen LogP) is 3.84. The van der Waals surface area contributed by atoms with Crippen molar-refractivity contribution in [3.8, 4) is 0 Å². The van der Waals surface area contributed by atoms with Crippen LogP contribution in [-0.2, 0) is 4.74 Å². The molecule has 0 bridgehead atoms. The lowest BCUT2D eigenvalue weighted by molar-refractivity contribution is -0.0421. The summed E-state index contributed by atoms with van der Waals surface area (Å²) in [5.74, 6) is -0.728. The maximum Gasteiger partial charge on any atom is 0.164 e. The van der Waals surface area contributed by atoms with Gasteiger partial charge in [-0.3, -0.25) is 0 Å². The zero-order chi connectivity index (χ0) is 14.7. The summed E-state index contributed by atoms with van der Waals surface area (Å²) in [6.45, 7) is 4.38. The van der Waals surface area contributed by atoms with Crippen LogP contribution in [-0.4, -0.2) is 17.8 Å². The Kier molecular flexibility index (Phi) is 5.11. The Morgan fingerprint density at radius 1 is 1.20 bits per heavy atom. The third kappa shape index (κ3) is 3.76. The van der Waals surface area contributed by atoms with E-state index in [-0.39, 0.29) is 18.3 Å². The van der Waals surface area contributed by atoms with Crippen LogP contribution in [0.1, 0.15) is 44.8 Å². The standard InChI is InChI=1S/C16H22F2O2/c1-10-6-11(2)8-12(7-10)20-9-15(19)13-4-3-5-14(17)16(13)18/h3-5,10-12,15,19H,6-9H2,1-2H3. The predicted molar refractivity (Wildman–Crippen MR) is 73.2 cm³/mol. The van der Waals surface area contributed by atoms with Crippen LogP contribution in [0.5, 0.6) is 0 Å². The SMILES string of the molecule is CC1CC(C)CC(OCC(O)c2cccc(F)c2F)C1. The molecule has 4 heteroatoms. The topological polar surface area (TPSA) is 29.5 Å². The largest absolute Gasteiger partial charge is 0.386 e. The van der Waals surface area contributed by atoms with Gasteiger partial charge in [-0.1, -0.05) is 26.0 Å². The molecule has 1 fully saturated rings. The fourth-order valence-corrected chi connectivity index (χ4v) is 3.10. The van der Waals surface area contributed by atoms with E-state index in [1.807, 2.05) is 0 Å². The molecule has 0 aromatic heterocycles. The van der Waals surface area contributed by atoms with Gasteiger partial charge in [0.2, 0.25) is 0 Å². The minimum Gasteiger partial charge on any atom is -0.386 e. The molecule has 1 aromatic rings. The minimum absolute atomic E-state index is 0.00444. The summed E-state index contributed by atoms with van der Waals surface area (Å²) in [5.41, 5.74) is -0.0399. The molecular weight excluding hydrogens is 262 g/mol. The highest BCUT2D eigenvalue weighted by atomic mass is 19.2. The van der Waals surface area contributed by atoms with Crippen LogP contribution in [0, 0.1) is 23.5 Å². The van der Waals surface area contributed by atoms with Crippen molar-refractivity contribution in [2.24, 2.45) is 11.8 Å². The molecule has 3 unspecified atom stereocenters. The lowest BCUT2D eigenvalue weighted by atomic mass is 9.82. The Labute approximate surface area is 118 Å². The normalized spacial score (nSPS) is 28.4. The van der Waals surface area contributed by atoms with Gasteiger partial charge >= 0.3 is 0 Å². The van der Waals surface area contributed by atoms with Crippen LogP contribution in [0.15, 0.2) is 18.2 Å². The highest BCUT2D eigenvalue weighted by Crippen LogP contribution is 2.31. The monoisotopic (exact) mass is 284 g/mol. The molecular formula is C16H22F2O2. The van der Waals surface area contributed by atoms with Crippen LogP contribution in [0.2, 0.25) is 0 Å². The Bertz CT molecular complexity index is 440. The average Bonchev–Trinajstić information content (AvgIpc) is 2.38. The van der Waals surface area contributed by atoms with Gasteiger partial charge in [-0.15, -0.1) is 0 Å². The van der Waals surface area contributed by atoms with Gasteiger partial charge in [-0.05, 0) is 37.2 Å². The number of ether oxygens (including phenoxy) is 1. The number of hydrogen-bond donors (Lipinski definition) is 1. The number of halogens is 2. The smallest absolute Gasteiger partial charge is 0.164 e. The zero-order valence-corrected chi connectivity index (χ0v) is 12.0. The van der Waals surface area contributed by atoms with Gasteiger partial charge in [0.1, 0.15) is 6.10 Å². The molecule has 0 aliphatic heterocycles. The van der Waals surface area contributed by atoms with Crippen molar-refractivity contribution in [3.05, 3.63) is 35.4 Å². The maximum atomic E-state index is 13.6. The van der Waals surface area contributed by atoms with Crippen LogP contribution in [0.3, 0.4) is 0 Å². The van der Waals surface area contributed by atoms with Crippen molar-refractivity contribution in [3.63, 3.8) is 0 Å². The van der Waals surface area contributed by atoms with E-state index in [1.165, 1.54) is 18.6 Å². The molecule has 0 radical (unpaired) electrons. The van der Waals surface area contributed by atoms with Crippen molar-refractivity contribution < 1.29 is 18.6 Å². The number of aliphatic hydroxyl groups is 1. The Morgan fingerprint density at radius 3 is 2.50 bits per heavy atom. The van der Waals surface area contributed by atoms with Crippen LogP contribution < -0.4 is 0 Å². The molecule has 0 amide bonds. The quantitative estimate of drug-likeness (QED) is 0.910. The maximum absolute atomic E-state index is 13.6. The number of rotatable bonds is 4. The molecule has 1 aliphatic rings. The second-order valence-corrected chi connectivity index (χ2v) is 6.03. The van der Waals surface area contributed by atoms with Gasteiger partial charge in [-0.25, -0.2) is 8.78 Å². The summed E-state index contributed by atoms with van der Waals surface area (Å²) in [5, 5.41) is 9.96. The van der Waals surface area contributed by atoms with Crippen LogP contribution in [0.4, 0.5) is 8.78 Å². The summed E-state index contributed by atoms with van der Waals surface area (Å²) in [6.07, 6.45) is 2.09. The highest BCUT2D eigenvalue weighted by molar-refractivity contribution is 5.21. The third-order valence-corrected chi connectivity index (χ3v) is 3.97. The Balaban J connectivity index is 1.91. The third-order valence-electron chi connectivity index (χ3n) is 3.97. The van der Waals surface area contributed by atoms with E-state index in [9.17, 15) is 13.9 Å². The lowest BCUT2D eigenvalue weighted by Gasteiger charge is -2.31. The average molecular weight is 284 g/mol. The van der Waals surface area contributed by atoms with Crippen molar-refractivity contribution >= 4 is 0 Å². The van der Waals surface area contributed by atoms with E-state index < -0.39 is 17.7 Å². The molecule has 0 saturated heterocycles. The van der Waals surface area contributed by atoms with Crippen LogP contribution in [0.25, 0.3) is 0 Å². The first-order chi connectivity index (χ1) is 9.47. The first kappa shape index (κ1) is 15.4. The number of benzene rings is 1. The number of hydrogen-bond acceptors (Lipinski definition) is 2. The van der Waals surface area contributed by atoms with E-state index in [1.54, 1.807) is 0 Å². The Hall–Kier alpha value is -1.00. The van der Waals surface area contributed by atoms with Crippen molar-refractivity contribution in [2.75, 3.05) is 6.61 Å². The molecule has 1 aromatic carbocycles. The van der Waals surface area contributed by atoms with Crippen molar-refractivity contribution in [1.29, 1.82) is 0 Å². The molecule has 112 valence electrons. The fraction of sp³-hybridized carbons (Fsp3) is 0.625. The fourth-order valence-electron chi connectivity index (χ4n) is 3.10. The second kappa shape index (κ2) is 6.64. The van der Waals surface area contributed by atoms with E-state index in [0.717, 1.165) is 18.9 Å². The molecule has 2 rings (SSSR count). The summed E-state index contributed by atoms with van der Waals surface area (Å²) in [6, 6.07) is 3.82. The lowest BCUT2D eigenvalue weighted by Crippen LogP contribution is -2.28. The van der Waals surface area contributed by atoms with Crippen LogP contribution >= 0.6 is 0 Å². The molecule has 3 atom stereocenters. The van der Waals surface area contributed by atoms with E-state index in [0.29, 0.717) is 11.8 Å².